The first kappa shape index (κ1) is 14.5. The van der Waals surface area contributed by atoms with Gasteiger partial charge >= 0.3 is 0 Å². The second kappa shape index (κ2) is 6.03. The van der Waals surface area contributed by atoms with Gasteiger partial charge in [0.1, 0.15) is 17.3 Å². The lowest BCUT2D eigenvalue weighted by Crippen LogP contribution is -2.06. The number of rotatable bonds is 5. The van der Waals surface area contributed by atoms with Crippen LogP contribution in [0.5, 0.6) is 0 Å². The summed E-state index contributed by atoms with van der Waals surface area (Å²) in [6.07, 6.45) is -0.775. The fourth-order valence-electron chi connectivity index (χ4n) is 2.29. The van der Waals surface area contributed by atoms with E-state index in [2.05, 4.69) is 11.9 Å². The quantitative estimate of drug-likeness (QED) is 0.897. The summed E-state index contributed by atoms with van der Waals surface area (Å²) in [6, 6.07) is 6.24. The molecule has 0 spiro atoms. The fourth-order valence-corrected chi connectivity index (χ4v) is 2.29. The molecule has 1 heterocycles. The maximum Gasteiger partial charge on any atom is 0.263 e. The van der Waals surface area contributed by atoms with Crippen LogP contribution in [0.4, 0.5) is 14.6 Å². The van der Waals surface area contributed by atoms with Gasteiger partial charge in [-0.3, -0.25) is 0 Å². The minimum absolute atomic E-state index is 0.00927. The van der Waals surface area contributed by atoms with E-state index >= 15 is 0 Å². The number of benzene rings is 1. The third-order valence-electron chi connectivity index (χ3n) is 3.26. The molecular formula is C15H19F2N3. The molecule has 2 N–H and O–H groups in total. The number of aryl methyl sites for hydroxylation is 1. The van der Waals surface area contributed by atoms with Crippen molar-refractivity contribution in [3.63, 3.8) is 0 Å². The van der Waals surface area contributed by atoms with Gasteiger partial charge in [0, 0.05) is 24.1 Å². The van der Waals surface area contributed by atoms with E-state index in [9.17, 15) is 8.78 Å². The fraction of sp³-hybridized carbons (Fsp3) is 0.400. The Kier molecular flexibility index (Phi) is 4.37. The molecule has 0 atom stereocenters. The molecule has 0 aliphatic rings. The van der Waals surface area contributed by atoms with Crippen molar-refractivity contribution >= 4 is 5.82 Å². The molecule has 1 aromatic heterocycles. The van der Waals surface area contributed by atoms with Gasteiger partial charge in [-0.25, -0.2) is 13.8 Å². The van der Waals surface area contributed by atoms with Gasteiger partial charge in [0.15, 0.2) is 0 Å². The Morgan fingerprint density at radius 3 is 2.65 bits per heavy atom. The van der Waals surface area contributed by atoms with E-state index in [-0.39, 0.29) is 5.56 Å². The molecule has 5 heteroatoms. The summed E-state index contributed by atoms with van der Waals surface area (Å²) in [5.41, 5.74) is 7.37. The summed E-state index contributed by atoms with van der Waals surface area (Å²) < 4.78 is 27.5. The molecule has 0 saturated carbocycles. The van der Waals surface area contributed by atoms with Crippen LogP contribution in [0.25, 0.3) is 11.3 Å². The summed E-state index contributed by atoms with van der Waals surface area (Å²) >= 11 is 0. The summed E-state index contributed by atoms with van der Waals surface area (Å²) in [4.78, 5) is 4.51. The Hall–Kier alpha value is -1.91. The molecule has 108 valence electrons. The number of nitrogens with two attached hydrogens (primary N) is 1. The largest absolute Gasteiger partial charge is 0.383 e. The van der Waals surface area contributed by atoms with Crippen LogP contribution in [-0.2, 0) is 13.0 Å². The van der Waals surface area contributed by atoms with Crippen molar-refractivity contribution in [3.8, 4) is 11.3 Å². The SMILES string of the molecule is CCCn1c(CC)nc(-c2cccc(C(F)F)c2)c1N. The Morgan fingerprint density at radius 2 is 2.05 bits per heavy atom. The number of aromatic nitrogens is 2. The summed E-state index contributed by atoms with van der Waals surface area (Å²) in [5.74, 6) is 1.44. The third kappa shape index (κ3) is 2.66. The minimum Gasteiger partial charge on any atom is -0.383 e. The van der Waals surface area contributed by atoms with Gasteiger partial charge in [-0.15, -0.1) is 0 Å². The highest BCUT2D eigenvalue weighted by Crippen LogP contribution is 2.30. The summed E-state index contributed by atoms with van der Waals surface area (Å²) in [5, 5.41) is 0. The third-order valence-corrected chi connectivity index (χ3v) is 3.26. The first-order valence-electron chi connectivity index (χ1n) is 6.81. The van der Waals surface area contributed by atoms with Gasteiger partial charge in [0.2, 0.25) is 0 Å². The van der Waals surface area contributed by atoms with Crippen molar-refractivity contribution in [2.75, 3.05) is 5.73 Å². The van der Waals surface area contributed by atoms with Crippen LogP contribution in [0.15, 0.2) is 24.3 Å². The molecular weight excluding hydrogens is 260 g/mol. The lowest BCUT2D eigenvalue weighted by atomic mass is 10.1. The minimum atomic E-state index is -2.49. The van der Waals surface area contributed by atoms with Crippen molar-refractivity contribution in [3.05, 3.63) is 35.7 Å². The van der Waals surface area contributed by atoms with Gasteiger partial charge in [-0.1, -0.05) is 32.0 Å². The van der Waals surface area contributed by atoms with Crippen LogP contribution in [-0.4, -0.2) is 9.55 Å². The molecule has 0 radical (unpaired) electrons. The van der Waals surface area contributed by atoms with E-state index in [1.54, 1.807) is 12.1 Å². The van der Waals surface area contributed by atoms with Gasteiger partial charge in [0.25, 0.3) is 6.43 Å². The average molecular weight is 279 g/mol. The zero-order chi connectivity index (χ0) is 14.7. The lowest BCUT2D eigenvalue weighted by Gasteiger charge is -2.07. The maximum absolute atomic E-state index is 12.8. The number of hydrogen-bond acceptors (Lipinski definition) is 2. The Morgan fingerprint density at radius 1 is 1.30 bits per heavy atom. The summed E-state index contributed by atoms with van der Waals surface area (Å²) in [7, 11) is 0. The van der Waals surface area contributed by atoms with Crippen molar-refractivity contribution < 1.29 is 8.78 Å². The predicted octanol–water partition coefficient (Wildman–Crippen LogP) is 4.04. The maximum atomic E-state index is 12.8. The van der Waals surface area contributed by atoms with E-state index in [4.69, 9.17) is 5.73 Å². The molecule has 3 nitrogen and oxygen atoms in total. The first-order valence-corrected chi connectivity index (χ1v) is 6.81. The molecule has 2 rings (SSSR count). The Bertz CT molecular complexity index is 591. The second-order valence-electron chi connectivity index (χ2n) is 4.69. The topological polar surface area (TPSA) is 43.8 Å². The van der Waals surface area contributed by atoms with Crippen LogP contribution >= 0.6 is 0 Å². The van der Waals surface area contributed by atoms with Crippen LogP contribution in [0.2, 0.25) is 0 Å². The second-order valence-corrected chi connectivity index (χ2v) is 4.69. The predicted molar refractivity (Wildman–Crippen MR) is 76.7 cm³/mol. The summed E-state index contributed by atoms with van der Waals surface area (Å²) in [6.45, 7) is 4.86. The van der Waals surface area contributed by atoms with E-state index in [0.717, 1.165) is 25.2 Å². The highest BCUT2D eigenvalue weighted by molar-refractivity contribution is 5.71. The van der Waals surface area contributed by atoms with Gasteiger partial charge < -0.3 is 10.3 Å². The molecule has 1 aromatic carbocycles. The van der Waals surface area contributed by atoms with E-state index < -0.39 is 6.43 Å². The molecule has 0 saturated heterocycles. The van der Waals surface area contributed by atoms with Crippen molar-refractivity contribution in [2.45, 2.75) is 39.7 Å². The molecule has 0 bridgehead atoms. The Labute approximate surface area is 117 Å². The number of halogens is 2. The zero-order valence-corrected chi connectivity index (χ0v) is 11.7. The number of imidazole rings is 1. The van der Waals surface area contributed by atoms with E-state index in [1.165, 1.54) is 12.1 Å². The van der Waals surface area contributed by atoms with Crippen molar-refractivity contribution in [1.29, 1.82) is 0 Å². The monoisotopic (exact) mass is 279 g/mol. The molecule has 0 aliphatic carbocycles. The van der Waals surface area contributed by atoms with Crippen LogP contribution < -0.4 is 5.73 Å². The molecule has 2 aromatic rings. The first-order chi connectivity index (χ1) is 9.58. The normalized spacial score (nSPS) is 11.2. The molecule has 0 unspecified atom stereocenters. The molecule has 0 fully saturated rings. The smallest absolute Gasteiger partial charge is 0.263 e. The molecule has 0 aliphatic heterocycles. The van der Waals surface area contributed by atoms with Crippen molar-refractivity contribution in [2.24, 2.45) is 0 Å². The van der Waals surface area contributed by atoms with E-state index in [0.29, 0.717) is 17.1 Å². The Balaban J connectivity index is 2.50. The van der Waals surface area contributed by atoms with Gasteiger partial charge in [-0.2, -0.15) is 0 Å². The molecule has 0 amide bonds. The van der Waals surface area contributed by atoms with Crippen LogP contribution in [0.3, 0.4) is 0 Å². The van der Waals surface area contributed by atoms with Gasteiger partial charge in [-0.05, 0) is 12.5 Å². The highest BCUT2D eigenvalue weighted by atomic mass is 19.3. The number of alkyl halides is 2. The number of nitrogens with zero attached hydrogens (tertiary/aromatic N) is 2. The van der Waals surface area contributed by atoms with Crippen LogP contribution in [0, 0.1) is 0 Å². The van der Waals surface area contributed by atoms with Gasteiger partial charge in [0.05, 0.1) is 0 Å². The standard InChI is InChI=1S/C15H19F2N3/c1-3-8-20-12(4-2)19-13(15(20)18)10-6-5-7-11(9-10)14(16)17/h5-7,9,14H,3-4,8,18H2,1-2H3. The lowest BCUT2D eigenvalue weighted by molar-refractivity contribution is 0.151. The number of anilines is 1. The van der Waals surface area contributed by atoms with E-state index in [1.807, 2.05) is 11.5 Å². The van der Waals surface area contributed by atoms with Crippen molar-refractivity contribution in [1.82, 2.24) is 9.55 Å². The highest BCUT2D eigenvalue weighted by Gasteiger charge is 2.16. The molecule has 20 heavy (non-hydrogen) atoms. The van der Waals surface area contributed by atoms with Crippen LogP contribution in [0.1, 0.15) is 38.1 Å². The number of nitrogen functional groups attached to an aromatic ring is 1. The zero-order valence-electron chi connectivity index (χ0n) is 11.7. The average Bonchev–Trinajstić information content (AvgIpc) is 2.76. The number of hydrogen-bond donors (Lipinski definition) is 1.